The molecule has 0 aromatic carbocycles. The quantitative estimate of drug-likeness (QED) is 0.883. The molecule has 1 amide bonds. The van der Waals surface area contributed by atoms with Crippen LogP contribution in [0.1, 0.15) is 42.5 Å². The smallest absolute Gasteiger partial charge is 0.251 e. The van der Waals surface area contributed by atoms with Crippen LogP contribution in [-0.4, -0.2) is 23.1 Å². The number of aryl methyl sites for hydroxylation is 1. The van der Waals surface area contributed by atoms with Gasteiger partial charge in [-0.1, -0.05) is 19.3 Å². The van der Waals surface area contributed by atoms with Crippen LogP contribution in [-0.2, 0) is 7.05 Å². The molecule has 2 rings (SSSR count). The van der Waals surface area contributed by atoms with Crippen molar-refractivity contribution in [2.24, 2.45) is 18.7 Å². The Balaban J connectivity index is 0.00000220. The van der Waals surface area contributed by atoms with Crippen LogP contribution in [0.3, 0.4) is 0 Å². The van der Waals surface area contributed by atoms with E-state index >= 15 is 0 Å². The number of halogens is 1. The van der Waals surface area contributed by atoms with Crippen LogP contribution < -0.4 is 16.6 Å². The van der Waals surface area contributed by atoms with Crippen molar-refractivity contribution in [3.63, 3.8) is 0 Å². The number of carbonyl (C=O) groups excluding carboxylic acids is 1. The van der Waals surface area contributed by atoms with Gasteiger partial charge in [0, 0.05) is 37.5 Å². The van der Waals surface area contributed by atoms with Gasteiger partial charge in [-0.25, -0.2) is 0 Å². The Kier molecular flexibility index (Phi) is 6.92. The molecule has 0 bridgehead atoms. The van der Waals surface area contributed by atoms with Crippen molar-refractivity contribution in [3.8, 4) is 0 Å². The third-order valence-corrected chi connectivity index (χ3v) is 4.16. The second-order valence-electron chi connectivity index (χ2n) is 5.58. The monoisotopic (exact) mass is 313 g/mol. The second kappa shape index (κ2) is 8.20. The Hall–Kier alpha value is -1.33. The van der Waals surface area contributed by atoms with E-state index in [0.29, 0.717) is 18.0 Å². The van der Waals surface area contributed by atoms with Gasteiger partial charge in [0.2, 0.25) is 0 Å². The van der Waals surface area contributed by atoms with Gasteiger partial charge < -0.3 is 15.6 Å². The second-order valence-corrected chi connectivity index (χ2v) is 5.58. The molecule has 118 valence electrons. The van der Waals surface area contributed by atoms with E-state index in [1.165, 1.54) is 29.9 Å². The zero-order valence-corrected chi connectivity index (χ0v) is 13.2. The number of carbonyl (C=O) groups is 1. The van der Waals surface area contributed by atoms with Gasteiger partial charge in [-0.05, 0) is 24.8 Å². The van der Waals surface area contributed by atoms with Crippen LogP contribution in [0.25, 0.3) is 0 Å². The predicted molar refractivity (Wildman–Crippen MR) is 85.8 cm³/mol. The molecule has 1 saturated carbocycles. The minimum atomic E-state index is -0.205. The number of nitrogens with one attached hydrogen (secondary N) is 1. The largest absolute Gasteiger partial charge is 0.348 e. The highest BCUT2D eigenvalue weighted by atomic mass is 35.5. The molecule has 1 aromatic rings. The van der Waals surface area contributed by atoms with Gasteiger partial charge in [0.1, 0.15) is 0 Å². The molecule has 0 aliphatic heterocycles. The van der Waals surface area contributed by atoms with E-state index < -0.39 is 0 Å². The summed E-state index contributed by atoms with van der Waals surface area (Å²) in [5.74, 6) is 0.257. The molecule has 1 aromatic heterocycles. The third kappa shape index (κ3) is 4.58. The summed E-state index contributed by atoms with van der Waals surface area (Å²) in [4.78, 5) is 23.8. The zero-order valence-electron chi connectivity index (χ0n) is 12.4. The average molecular weight is 314 g/mol. The van der Waals surface area contributed by atoms with Crippen LogP contribution in [0.4, 0.5) is 0 Å². The summed E-state index contributed by atoms with van der Waals surface area (Å²) >= 11 is 0. The standard InChI is InChI=1S/C15H23N3O2.ClH/c1-18-8-7-12(9-14(18)19)15(20)17-13(10-16)11-5-3-2-4-6-11;/h7-9,11,13H,2-6,10,16H2,1H3,(H,17,20);1H. The first-order valence-electron chi connectivity index (χ1n) is 7.29. The van der Waals surface area contributed by atoms with E-state index in [1.54, 1.807) is 19.3 Å². The van der Waals surface area contributed by atoms with Crippen LogP contribution in [0, 0.1) is 5.92 Å². The molecule has 1 aliphatic carbocycles. The first kappa shape index (κ1) is 17.7. The number of amides is 1. The van der Waals surface area contributed by atoms with Gasteiger partial charge in [0.25, 0.3) is 11.5 Å². The lowest BCUT2D eigenvalue weighted by Crippen LogP contribution is -2.46. The molecule has 1 unspecified atom stereocenters. The van der Waals surface area contributed by atoms with Crippen molar-refractivity contribution in [3.05, 3.63) is 34.2 Å². The van der Waals surface area contributed by atoms with Gasteiger partial charge in [-0.3, -0.25) is 9.59 Å². The molecule has 5 nitrogen and oxygen atoms in total. The molecule has 0 spiro atoms. The van der Waals surface area contributed by atoms with Crippen LogP contribution in [0.15, 0.2) is 23.1 Å². The first-order chi connectivity index (χ1) is 9.61. The zero-order chi connectivity index (χ0) is 14.5. The van der Waals surface area contributed by atoms with Crippen molar-refractivity contribution in [2.75, 3.05) is 6.54 Å². The lowest BCUT2D eigenvalue weighted by molar-refractivity contribution is 0.0915. The van der Waals surface area contributed by atoms with Gasteiger partial charge in [0.15, 0.2) is 0 Å². The van der Waals surface area contributed by atoms with Crippen molar-refractivity contribution in [1.82, 2.24) is 9.88 Å². The highest BCUT2D eigenvalue weighted by Gasteiger charge is 2.24. The molecule has 3 N–H and O–H groups in total. The van der Waals surface area contributed by atoms with Crippen molar-refractivity contribution < 1.29 is 4.79 Å². The van der Waals surface area contributed by atoms with E-state index in [-0.39, 0.29) is 29.9 Å². The molecule has 1 heterocycles. The maximum Gasteiger partial charge on any atom is 0.251 e. The first-order valence-corrected chi connectivity index (χ1v) is 7.29. The van der Waals surface area contributed by atoms with E-state index in [0.717, 1.165) is 12.8 Å². The number of nitrogens with two attached hydrogens (primary N) is 1. The summed E-state index contributed by atoms with van der Waals surface area (Å²) < 4.78 is 1.44. The summed E-state index contributed by atoms with van der Waals surface area (Å²) in [7, 11) is 1.66. The Morgan fingerprint density at radius 1 is 1.43 bits per heavy atom. The molecule has 21 heavy (non-hydrogen) atoms. The number of aromatic nitrogens is 1. The minimum Gasteiger partial charge on any atom is -0.348 e. The fraction of sp³-hybridized carbons (Fsp3) is 0.600. The molecule has 0 saturated heterocycles. The molecule has 0 radical (unpaired) electrons. The summed E-state index contributed by atoms with van der Waals surface area (Å²) in [6, 6.07) is 3.03. The highest BCUT2D eigenvalue weighted by Crippen LogP contribution is 2.26. The van der Waals surface area contributed by atoms with E-state index in [1.807, 2.05) is 0 Å². The van der Waals surface area contributed by atoms with Crippen LogP contribution >= 0.6 is 12.4 Å². The maximum atomic E-state index is 12.2. The molecule has 1 aliphatic rings. The van der Waals surface area contributed by atoms with Crippen molar-refractivity contribution >= 4 is 18.3 Å². The molecular weight excluding hydrogens is 290 g/mol. The predicted octanol–water partition coefficient (Wildman–Crippen LogP) is 1.44. The average Bonchev–Trinajstić information content (AvgIpc) is 2.48. The number of pyridine rings is 1. The van der Waals surface area contributed by atoms with Crippen LogP contribution in [0.2, 0.25) is 0 Å². The third-order valence-electron chi connectivity index (χ3n) is 4.16. The van der Waals surface area contributed by atoms with E-state index in [9.17, 15) is 9.59 Å². The topological polar surface area (TPSA) is 77.1 Å². The molecule has 6 heteroatoms. The Morgan fingerprint density at radius 2 is 2.10 bits per heavy atom. The maximum absolute atomic E-state index is 12.2. The molecule has 1 fully saturated rings. The number of nitrogens with zero attached hydrogens (tertiary/aromatic N) is 1. The minimum absolute atomic E-state index is 0. The number of hydrogen-bond acceptors (Lipinski definition) is 3. The Labute approximate surface area is 131 Å². The lowest BCUT2D eigenvalue weighted by Gasteiger charge is -2.30. The Morgan fingerprint density at radius 3 is 2.67 bits per heavy atom. The SMILES string of the molecule is Cl.Cn1ccc(C(=O)NC(CN)C2CCCCC2)cc1=O. The number of rotatable bonds is 4. The van der Waals surface area contributed by atoms with E-state index in [4.69, 9.17) is 5.73 Å². The Bertz CT molecular complexity index is 524. The van der Waals surface area contributed by atoms with Gasteiger partial charge in [0.05, 0.1) is 0 Å². The van der Waals surface area contributed by atoms with Crippen LogP contribution in [0.5, 0.6) is 0 Å². The summed E-state index contributed by atoms with van der Waals surface area (Å²) in [6.45, 7) is 0.446. The fourth-order valence-corrected chi connectivity index (χ4v) is 2.85. The van der Waals surface area contributed by atoms with E-state index in [2.05, 4.69) is 5.32 Å². The molecule has 1 atom stereocenters. The fourth-order valence-electron chi connectivity index (χ4n) is 2.85. The van der Waals surface area contributed by atoms with Crippen molar-refractivity contribution in [1.29, 1.82) is 0 Å². The van der Waals surface area contributed by atoms with Gasteiger partial charge in [-0.2, -0.15) is 0 Å². The molecular formula is C15H24ClN3O2. The van der Waals surface area contributed by atoms with Crippen molar-refractivity contribution in [2.45, 2.75) is 38.1 Å². The van der Waals surface area contributed by atoms with Gasteiger partial charge in [-0.15, -0.1) is 12.4 Å². The highest BCUT2D eigenvalue weighted by molar-refractivity contribution is 5.94. The summed E-state index contributed by atoms with van der Waals surface area (Å²) in [5, 5.41) is 2.99. The van der Waals surface area contributed by atoms with Gasteiger partial charge >= 0.3 is 0 Å². The summed E-state index contributed by atoms with van der Waals surface area (Å²) in [6.07, 6.45) is 7.55. The summed E-state index contributed by atoms with van der Waals surface area (Å²) in [5.41, 5.74) is 6.03. The number of hydrogen-bond donors (Lipinski definition) is 2. The lowest BCUT2D eigenvalue weighted by atomic mass is 9.84. The normalized spacial score (nSPS) is 16.9.